The summed E-state index contributed by atoms with van der Waals surface area (Å²) in [5, 5.41) is 5.03. The number of carbonyl (C=O) groups is 1. The van der Waals surface area contributed by atoms with Crippen molar-refractivity contribution in [2.75, 3.05) is 13.1 Å². The monoisotopic (exact) mass is 350 g/mol. The predicted molar refractivity (Wildman–Crippen MR) is 72.1 cm³/mol. The standard InChI is InChI=1S/C11H15BrN2O4S/c1-7-3-2-4-14(6-7)11(15)8-5-9(10(12)18-8)19(13,16)17/h5,7H,2-4,6H2,1H3,(H2,13,16,17). The van der Waals surface area contributed by atoms with E-state index in [0.29, 0.717) is 19.0 Å². The van der Waals surface area contributed by atoms with Crippen LogP contribution in [-0.2, 0) is 10.0 Å². The summed E-state index contributed by atoms with van der Waals surface area (Å²) in [6, 6.07) is 1.17. The molecule has 0 aliphatic carbocycles. The van der Waals surface area contributed by atoms with Gasteiger partial charge in [0.05, 0.1) is 0 Å². The van der Waals surface area contributed by atoms with Crippen LogP contribution in [-0.4, -0.2) is 32.3 Å². The summed E-state index contributed by atoms with van der Waals surface area (Å²) >= 11 is 2.96. The number of nitrogens with zero attached hydrogens (tertiary/aromatic N) is 1. The number of halogens is 1. The first-order valence-electron chi connectivity index (χ1n) is 5.90. The highest BCUT2D eigenvalue weighted by atomic mass is 79.9. The molecule has 8 heteroatoms. The second-order valence-corrected chi connectivity index (χ2v) is 7.04. The Labute approximate surface area is 120 Å². The van der Waals surface area contributed by atoms with E-state index in [1.807, 2.05) is 0 Å². The van der Waals surface area contributed by atoms with Gasteiger partial charge in [0.1, 0.15) is 4.90 Å². The maximum Gasteiger partial charge on any atom is 0.289 e. The van der Waals surface area contributed by atoms with Crippen LogP contribution in [0.2, 0.25) is 0 Å². The smallest absolute Gasteiger partial charge is 0.289 e. The Morgan fingerprint density at radius 2 is 2.26 bits per heavy atom. The first-order chi connectivity index (χ1) is 8.79. The van der Waals surface area contributed by atoms with Gasteiger partial charge < -0.3 is 9.32 Å². The summed E-state index contributed by atoms with van der Waals surface area (Å²) < 4.78 is 27.7. The topological polar surface area (TPSA) is 93.6 Å². The van der Waals surface area contributed by atoms with Crippen molar-refractivity contribution in [1.29, 1.82) is 0 Å². The third kappa shape index (κ3) is 3.18. The van der Waals surface area contributed by atoms with Crippen LogP contribution in [0.15, 0.2) is 20.0 Å². The van der Waals surface area contributed by atoms with E-state index in [4.69, 9.17) is 9.56 Å². The molecule has 1 aliphatic heterocycles. The number of rotatable bonds is 2. The van der Waals surface area contributed by atoms with E-state index in [2.05, 4.69) is 22.9 Å². The van der Waals surface area contributed by atoms with Crippen molar-refractivity contribution in [3.05, 3.63) is 16.5 Å². The summed E-state index contributed by atoms with van der Waals surface area (Å²) in [7, 11) is -3.90. The molecule has 1 amide bonds. The minimum Gasteiger partial charge on any atom is -0.443 e. The highest BCUT2D eigenvalue weighted by Gasteiger charge is 2.27. The maximum absolute atomic E-state index is 12.2. The number of carbonyl (C=O) groups excluding carboxylic acids is 1. The van der Waals surface area contributed by atoms with Crippen LogP contribution in [0.1, 0.15) is 30.3 Å². The normalized spacial score (nSPS) is 20.6. The molecule has 2 N–H and O–H groups in total. The molecule has 0 bridgehead atoms. The number of nitrogens with two attached hydrogens (primary N) is 1. The quantitative estimate of drug-likeness (QED) is 0.875. The van der Waals surface area contributed by atoms with Crippen LogP contribution >= 0.6 is 15.9 Å². The van der Waals surface area contributed by atoms with Crippen molar-refractivity contribution in [1.82, 2.24) is 4.90 Å². The zero-order valence-electron chi connectivity index (χ0n) is 10.4. The number of piperidine rings is 1. The Kier molecular flexibility index (Phi) is 4.03. The summed E-state index contributed by atoms with van der Waals surface area (Å²) in [6.45, 7) is 3.39. The van der Waals surface area contributed by atoms with Gasteiger partial charge in [-0.05, 0) is 34.7 Å². The van der Waals surface area contributed by atoms with E-state index in [1.165, 1.54) is 6.07 Å². The number of hydrogen-bond donors (Lipinski definition) is 1. The number of likely N-dealkylation sites (tertiary alicyclic amines) is 1. The lowest BCUT2D eigenvalue weighted by Crippen LogP contribution is -2.38. The Morgan fingerprint density at radius 3 is 2.79 bits per heavy atom. The molecule has 0 aromatic carbocycles. The molecular weight excluding hydrogens is 336 g/mol. The van der Waals surface area contributed by atoms with Gasteiger partial charge in [-0.2, -0.15) is 0 Å². The molecule has 0 radical (unpaired) electrons. The van der Waals surface area contributed by atoms with Gasteiger partial charge >= 0.3 is 0 Å². The molecule has 0 spiro atoms. The molecule has 19 heavy (non-hydrogen) atoms. The molecule has 1 aliphatic rings. The van der Waals surface area contributed by atoms with Gasteiger partial charge in [-0.25, -0.2) is 13.6 Å². The molecule has 2 rings (SSSR count). The number of primary sulfonamides is 1. The Morgan fingerprint density at radius 1 is 1.58 bits per heavy atom. The van der Waals surface area contributed by atoms with Crippen molar-refractivity contribution in [3.8, 4) is 0 Å². The van der Waals surface area contributed by atoms with Crippen molar-refractivity contribution < 1.29 is 17.6 Å². The Balaban J connectivity index is 2.25. The second-order valence-electron chi connectivity index (χ2n) is 4.79. The molecule has 1 fully saturated rings. The van der Waals surface area contributed by atoms with Crippen molar-refractivity contribution in [2.45, 2.75) is 24.7 Å². The molecule has 1 aromatic rings. The summed E-state index contributed by atoms with van der Waals surface area (Å²) in [5.74, 6) is 0.126. The van der Waals surface area contributed by atoms with Crippen LogP contribution in [0.25, 0.3) is 0 Å². The van der Waals surface area contributed by atoms with Crippen molar-refractivity contribution in [2.24, 2.45) is 11.1 Å². The van der Waals surface area contributed by atoms with Crippen LogP contribution in [0.5, 0.6) is 0 Å². The van der Waals surface area contributed by atoms with Crippen LogP contribution in [0, 0.1) is 5.92 Å². The lowest BCUT2D eigenvalue weighted by molar-refractivity contribution is 0.0649. The minimum absolute atomic E-state index is 0.00926. The molecule has 1 unspecified atom stereocenters. The largest absolute Gasteiger partial charge is 0.443 e. The lowest BCUT2D eigenvalue weighted by atomic mass is 10.0. The van der Waals surface area contributed by atoms with E-state index in [0.717, 1.165) is 12.8 Å². The fraction of sp³-hybridized carbons (Fsp3) is 0.545. The number of furan rings is 1. The molecular formula is C11H15BrN2O4S. The number of amides is 1. The van der Waals surface area contributed by atoms with E-state index < -0.39 is 10.0 Å². The molecule has 0 saturated carbocycles. The van der Waals surface area contributed by atoms with Gasteiger partial charge in [-0.3, -0.25) is 4.79 Å². The first-order valence-corrected chi connectivity index (χ1v) is 8.24. The summed E-state index contributed by atoms with van der Waals surface area (Å²) in [4.78, 5) is 13.7. The van der Waals surface area contributed by atoms with E-state index >= 15 is 0 Å². The average Bonchev–Trinajstić information content (AvgIpc) is 2.70. The molecule has 106 valence electrons. The van der Waals surface area contributed by atoms with Crippen LogP contribution in [0.3, 0.4) is 0 Å². The van der Waals surface area contributed by atoms with Crippen molar-refractivity contribution >= 4 is 31.9 Å². The molecule has 1 saturated heterocycles. The molecule has 2 heterocycles. The highest BCUT2D eigenvalue weighted by molar-refractivity contribution is 9.10. The fourth-order valence-corrected chi connectivity index (χ4v) is 3.68. The van der Waals surface area contributed by atoms with Gasteiger partial charge in [-0.1, -0.05) is 6.92 Å². The maximum atomic E-state index is 12.2. The number of sulfonamides is 1. The van der Waals surface area contributed by atoms with Crippen LogP contribution in [0.4, 0.5) is 0 Å². The molecule has 1 atom stereocenters. The first kappa shape index (κ1) is 14.5. The Hall–Kier alpha value is -0.860. The number of hydrogen-bond acceptors (Lipinski definition) is 4. The zero-order chi connectivity index (χ0) is 14.2. The second kappa shape index (κ2) is 5.26. The van der Waals surface area contributed by atoms with E-state index in [9.17, 15) is 13.2 Å². The highest BCUT2D eigenvalue weighted by Crippen LogP contribution is 2.27. The fourth-order valence-electron chi connectivity index (χ4n) is 2.18. The SMILES string of the molecule is CC1CCCN(C(=O)c2cc(S(N)(=O)=O)c(Br)o2)C1. The molecule has 1 aromatic heterocycles. The van der Waals surface area contributed by atoms with Crippen LogP contribution < -0.4 is 5.14 Å². The lowest BCUT2D eigenvalue weighted by Gasteiger charge is -2.30. The van der Waals surface area contributed by atoms with Gasteiger partial charge in [0, 0.05) is 19.2 Å². The van der Waals surface area contributed by atoms with E-state index in [1.54, 1.807) is 4.90 Å². The van der Waals surface area contributed by atoms with Gasteiger partial charge in [0.15, 0.2) is 10.4 Å². The summed E-state index contributed by atoms with van der Waals surface area (Å²) in [5.41, 5.74) is 0. The third-order valence-corrected chi connectivity index (χ3v) is 4.88. The van der Waals surface area contributed by atoms with Crippen molar-refractivity contribution in [3.63, 3.8) is 0 Å². The van der Waals surface area contributed by atoms with Gasteiger partial charge in [0.2, 0.25) is 10.0 Å². The Bertz CT molecular complexity index is 596. The zero-order valence-corrected chi connectivity index (χ0v) is 12.8. The predicted octanol–water partition coefficient (Wildman–Crippen LogP) is 1.56. The third-order valence-electron chi connectivity index (χ3n) is 3.12. The van der Waals surface area contributed by atoms with Gasteiger partial charge in [0.25, 0.3) is 5.91 Å². The average molecular weight is 351 g/mol. The molecule has 6 nitrogen and oxygen atoms in total. The summed E-state index contributed by atoms with van der Waals surface area (Å²) in [6.07, 6.45) is 2.03. The van der Waals surface area contributed by atoms with Gasteiger partial charge in [-0.15, -0.1) is 0 Å². The van der Waals surface area contributed by atoms with E-state index in [-0.39, 0.29) is 21.2 Å². The minimum atomic E-state index is -3.90.